The molecule has 43 heavy (non-hydrogen) atoms. The summed E-state index contributed by atoms with van der Waals surface area (Å²) >= 11 is 0. The van der Waals surface area contributed by atoms with Crippen molar-refractivity contribution in [2.45, 2.75) is 84.2 Å². The van der Waals surface area contributed by atoms with Crippen LogP contribution in [0.5, 0.6) is 11.5 Å². The molecule has 2 fully saturated rings. The van der Waals surface area contributed by atoms with E-state index in [1.165, 1.54) is 12.0 Å². The maximum atomic E-state index is 13.2. The van der Waals surface area contributed by atoms with E-state index >= 15 is 0 Å². The van der Waals surface area contributed by atoms with Crippen LogP contribution in [0.2, 0.25) is 0 Å². The second-order valence-electron chi connectivity index (χ2n) is 12.2. The molecule has 2 aliphatic rings. The fourth-order valence-electron chi connectivity index (χ4n) is 6.36. The molecule has 1 saturated carbocycles. The van der Waals surface area contributed by atoms with Crippen LogP contribution in [0.25, 0.3) is 0 Å². The van der Waals surface area contributed by atoms with Crippen LogP contribution < -0.4 is 20.1 Å². The summed E-state index contributed by atoms with van der Waals surface area (Å²) in [5, 5.41) is 6.36. The lowest BCUT2D eigenvalue weighted by Crippen LogP contribution is -2.48. The number of nitrogens with one attached hydrogen (secondary N) is 2. The Morgan fingerprint density at radius 2 is 1.67 bits per heavy atom. The van der Waals surface area contributed by atoms with Crippen molar-refractivity contribution in [2.75, 3.05) is 33.4 Å². The smallest absolute Gasteiger partial charge is 0.251 e. The van der Waals surface area contributed by atoms with Crippen molar-refractivity contribution in [2.24, 2.45) is 11.8 Å². The lowest BCUT2D eigenvalue weighted by Gasteiger charge is -2.32. The Balaban J connectivity index is 0.00000353. The van der Waals surface area contributed by atoms with E-state index in [1.807, 2.05) is 68.1 Å². The van der Waals surface area contributed by atoms with E-state index in [4.69, 9.17) is 9.47 Å². The predicted molar refractivity (Wildman–Crippen MR) is 173 cm³/mol. The Labute approximate surface area is 259 Å². The minimum Gasteiger partial charge on any atom is -0.497 e. The van der Waals surface area contributed by atoms with Crippen molar-refractivity contribution in [1.82, 2.24) is 15.5 Å². The summed E-state index contributed by atoms with van der Waals surface area (Å²) in [6.07, 6.45) is 7.22. The summed E-state index contributed by atoms with van der Waals surface area (Å²) in [5.74, 6) is 2.02. The summed E-state index contributed by atoms with van der Waals surface area (Å²) in [6.45, 7) is 8.55. The molecular formula is C35H53N3O5. The highest BCUT2D eigenvalue weighted by molar-refractivity contribution is 5.98. The van der Waals surface area contributed by atoms with Gasteiger partial charge in [0.25, 0.3) is 5.91 Å². The van der Waals surface area contributed by atoms with E-state index in [1.54, 1.807) is 7.11 Å². The van der Waals surface area contributed by atoms with E-state index in [-0.39, 0.29) is 38.8 Å². The molecule has 0 aromatic heterocycles. The Morgan fingerprint density at radius 3 is 2.30 bits per heavy atom. The molecule has 1 aliphatic carbocycles. The Hall–Kier alpha value is -3.39. The van der Waals surface area contributed by atoms with Crippen LogP contribution in [-0.2, 0) is 16.1 Å². The number of methoxy groups -OCH3 is 1. The van der Waals surface area contributed by atoms with E-state index < -0.39 is 6.04 Å². The van der Waals surface area contributed by atoms with Crippen LogP contribution in [0.3, 0.4) is 0 Å². The summed E-state index contributed by atoms with van der Waals surface area (Å²) < 4.78 is 11.0. The van der Waals surface area contributed by atoms with Crippen molar-refractivity contribution >= 4 is 17.6 Å². The second-order valence-corrected chi connectivity index (χ2v) is 12.2. The van der Waals surface area contributed by atoms with E-state index in [0.717, 1.165) is 55.6 Å². The molecule has 0 unspecified atom stereocenters. The quantitative estimate of drug-likeness (QED) is 0.296. The molecule has 2 amide bonds. The standard InChI is InChI=1S/C35H49N3O5.2H2/c1-5-43-31-21-30(42-4)16-15-29(31)22-36-23-32(39)38-19-17-26(18-20-38)25-11-13-28(14-12-25)35(41)37-33(34(40)24(2)3)27-9-7-6-8-10-27;;/h11-16,21,24,26-27,33,36H,5-10,17-20,22-23H2,1-4H3,(H,37,41);2*1H/t33-;;/m1../s1. The lowest BCUT2D eigenvalue weighted by atomic mass is 9.80. The van der Waals surface area contributed by atoms with Crippen molar-refractivity contribution in [1.29, 1.82) is 0 Å². The molecule has 8 heteroatoms. The number of benzene rings is 2. The molecule has 4 rings (SSSR count). The van der Waals surface area contributed by atoms with Crippen molar-refractivity contribution < 1.29 is 26.7 Å². The third kappa shape index (κ3) is 8.82. The van der Waals surface area contributed by atoms with Gasteiger partial charge in [0.05, 0.1) is 26.3 Å². The molecule has 2 N–H and O–H groups in total. The first-order chi connectivity index (χ1) is 20.8. The zero-order valence-electron chi connectivity index (χ0n) is 26.3. The molecule has 2 aromatic carbocycles. The topological polar surface area (TPSA) is 97.0 Å². The van der Waals surface area contributed by atoms with Crippen molar-refractivity contribution in [3.05, 3.63) is 59.2 Å². The van der Waals surface area contributed by atoms with Crippen LogP contribution in [0.1, 0.15) is 96.0 Å². The number of likely N-dealkylation sites (tertiary alicyclic amines) is 1. The van der Waals surface area contributed by atoms with Gasteiger partial charge in [-0.2, -0.15) is 0 Å². The third-order valence-electron chi connectivity index (χ3n) is 8.94. The normalized spacial score (nSPS) is 17.0. The number of nitrogens with zero attached hydrogens (tertiary/aromatic N) is 1. The van der Waals surface area contributed by atoms with Crippen LogP contribution in [0.4, 0.5) is 0 Å². The number of amides is 2. The van der Waals surface area contributed by atoms with Gasteiger partial charge in [0, 0.05) is 45.6 Å². The predicted octanol–water partition coefficient (Wildman–Crippen LogP) is 5.99. The fraction of sp³-hybridized carbons (Fsp3) is 0.571. The molecule has 1 saturated heterocycles. The molecule has 0 radical (unpaired) electrons. The second kappa shape index (κ2) is 15.9. The first-order valence-corrected chi connectivity index (χ1v) is 16.0. The van der Waals surface area contributed by atoms with Gasteiger partial charge in [-0.3, -0.25) is 14.4 Å². The van der Waals surface area contributed by atoms with Crippen LogP contribution >= 0.6 is 0 Å². The molecule has 1 aliphatic heterocycles. The highest BCUT2D eigenvalue weighted by Crippen LogP contribution is 2.30. The molecule has 1 heterocycles. The van der Waals surface area contributed by atoms with Crippen LogP contribution in [-0.4, -0.2) is 61.9 Å². The van der Waals surface area contributed by atoms with Gasteiger partial charge < -0.3 is 25.0 Å². The zero-order valence-corrected chi connectivity index (χ0v) is 26.3. The summed E-state index contributed by atoms with van der Waals surface area (Å²) in [5.41, 5.74) is 2.76. The average Bonchev–Trinajstić information content (AvgIpc) is 3.04. The molecule has 2 aromatic rings. The van der Waals surface area contributed by atoms with E-state index in [0.29, 0.717) is 37.7 Å². The first kappa shape index (κ1) is 32.5. The van der Waals surface area contributed by atoms with Gasteiger partial charge in [-0.15, -0.1) is 0 Å². The fourth-order valence-corrected chi connectivity index (χ4v) is 6.36. The van der Waals surface area contributed by atoms with Gasteiger partial charge in [0.1, 0.15) is 11.5 Å². The highest BCUT2D eigenvalue weighted by atomic mass is 16.5. The monoisotopic (exact) mass is 595 g/mol. The SMILES string of the molecule is CCOc1cc(OC)ccc1CNCC(=O)N1CCC(c2ccc(C(=O)N[C@@H](C(=O)C(C)C)C3CCCCC3)cc2)CC1.[HH].[HH]. The van der Waals surface area contributed by atoms with Gasteiger partial charge in [-0.05, 0) is 68.2 Å². The third-order valence-corrected chi connectivity index (χ3v) is 8.94. The van der Waals surface area contributed by atoms with E-state index in [9.17, 15) is 14.4 Å². The van der Waals surface area contributed by atoms with E-state index in [2.05, 4.69) is 10.6 Å². The number of Topliss-reactive ketones (excluding diaryl/α,β-unsaturated/α-hetero) is 1. The number of rotatable bonds is 13. The Bertz CT molecular complexity index is 1230. The van der Waals surface area contributed by atoms with Gasteiger partial charge in [0.2, 0.25) is 5.91 Å². The number of ketones is 1. The first-order valence-electron chi connectivity index (χ1n) is 16.0. The van der Waals surface area contributed by atoms with Gasteiger partial charge in [0.15, 0.2) is 5.78 Å². The van der Waals surface area contributed by atoms with Gasteiger partial charge >= 0.3 is 0 Å². The maximum absolute atomic E-state index is 13.2. The molecule has 238 valence electrons. The molecule has 8 nitrogen and oxygen atoms in total. The number of ether oxygens (including phenoxy) is 2. The number of hydrogen-bond donors (Lipinski definition) is 2. The van der Waals surface area contributed by atoms with Crippen LogP contribution in [0.15, 0.2) is 42.5 Å². The number of piperidine rings is 1. The lowest BCUT2D eigenvalue weighted by molar-refractivity contribution is -0.131. The summed E-state index contributed by atoms with van der Waals surface area (Å²) in [7, 11) is 1.63. The Morgan fingerprint density at radius 1 is 0.977 bits per heavy atom. The number of carbonyl (C=O) groups excluding carboxylic acids is 3. The highest BCUT2D eigenvalue weighted by Gasteiger charge is 2.32. The van der Waals surface area contributed by atoms with Crippen molar-refractivity contribution in [3.8, 4) is 11.5 Å². The largest absolute Gasteiger partial charge is 0.497 e. The number of hydrogen-bond acceptors (Lipinski definition) is 6. The minimum atomic E-state index is -0.410. The maximum Gasteiger partial charge on any atom is 0.251 e. The Kier molecular flexibility index (Phi) is 12.0. The molecule has 1 atom stereocenters. The van der Waals surface area contributed by atoms with Crippen LogP contribution in [0, 0.1) is 11.8 Å². The molecule has 0 bridgehead atoms. The minimum absolute atomic E-state index is 0. The van der Waals surface area contributed by atoms with Gasteiger partial charge in [-0.25, -0.2) is 0 Å². The zero-order chi connectivity index (χ0) is 30.8. The molecule has 0 spiro atoms. The van der Waals surface area contributed by atoms with Gasteiger partial charge in [-0.1, -0.05) is 51.3 Å². The average molecular weight is 596 g/mol. The van der Waals surface area contributed by atoms with Crippen molar-refractivity contribution in [3.63, 3.8) is 0 Å². The number of carbonyl (C=O) groups is 3. The summed E-state index contributed by atoms with van der Waals surface area (Å²) in [6, 6.07) is 13.1. The summed E-state index contributed by atoms with van der Waals surface area (Å²) in [4.78, 5) is 41.0. The molecular weight excluding hydrogens is 542 g/mol.